The number of unbranched alkanes of at least 4 members (excludes halogenated alkanes) is 2. The Labute approximate surface area is 127 Å². The van der Waals surface area contributed by atoms with Crippen LogP contribution in [0.15, 0.2) is 24.3 Å². The Balaban J connectivity index is 1.60. The molecule has 1 heterocycles. The minimum absolute atomic E-state index is 0.0263. The summed E-state index contributed by atoms with van der Waals surface area (Å²) < 4.78 is 16.5. The molecule has 0 aliphatic carbocycles. The third-order valence-corrected chi connectivity index (χ3v) is 3.47. The molecule has 0 radical (unpaired) electrons. The third-order valence-electron chi connectivity index (χ3n) is 3.47. The third kappa shape index (κ3) is 5.79. The molecule has 1 aromatic rings. The van der Waals surface area contributed by atoms with Gasteiger partial charge in [0, 0.05) is 19.6 Å². The van der Waals surface area contributed by atoms with Crippen molar-refractivity contribution >= 4 is 0 Å². The van der Waals surface area contributed by atoms with Crippen LogP contribution < -0.4 is 4.74 Å². The lowest BCUT2D eigenvalue weighted by Crippen LogP contribution is -2.22. The van der Waals surface area contributed by atoms with E-state index in [0.717, 1.165) is 50.2 Å². The number of rotatable bonds is 6. The maximum atomic E-state index is 5.69. The fourth-order valence-electron chi connectivity index (χ4n) is 2.28. The highest BCUT2D eigenvalue weighted by atomic mass is 16.7. The maximum absolute atomic E-state index is 5.69. The fraction of sp³-hybridized carbons (Fsp3) is 0.556. The van der Waals surface area contributed by atoms with Gasteiger partial charge < -0.3 is 14.2 Å². The average Bonchev–Trinajstić information content (AvgIpc) is 2.55. The van der Waals surface area contributed by atoms with Crippen molar-refractivity contribution < 1.29 is 14.2 Å². The number of hydrogen-bond acceptors (Lipinski definition) is 3. The second-order valence-electron chi connectivity index (χ2n) is 5.13. The lowest BCUT2D eigenvalue weighted by molar-refractivity contribution is -0.162. The molecule has 2 rings (SSSR count). The molecule has 1 aromatic carbocycles. The van der Waals surface area contributed by atoms with E-state index in [4.69, 9.17) is 14.2 Å². The molecule has 1 unspecified atom stereocenters. The first-order valence-electron chi connectivity index (χ1n) is 7.75. The zero-order valence-corrected chi connectivity index (χ0v) is 12.8. The number of methoxy groups -OCH3 is 1. The fourth-order valence-corrected chi connectivity index (χ4v) is 2.28. The standard InChI is InChI=1S/C18H24O3/c1-19-17-12-6-5-11-16(17)10-4-2-3-8-14-20-18-13-7-9-15-21-18/h5-6,11-12,18H,2-3,7-9,13-15H2,1H3. The second-order valence-corrected chi connectivity index (χ2v) is 5.13. The first-order chi connectivity index (χ1) is 10.4. The molecular weight excluding hydrogens is 264 g/mol. The zero-order valence-electron chi connectivity index (χ0n) is 12.8. The molecule has 3 nitrogen and oxygen atoms in total. The Morgan fingerprint density at radius 2 is 2.14 bits per heavy atom. The Hall–Kier alpha value is -1.50. The molecule has 0 amide bonds. The molecule has 1 aliphatic heterocycles. The van der Waals surface area contributed by atoms with E-state index < -0.39 is 0 Å². The molecule has 0 bridgehead atoms. The Bertz CT molecular complexity index is 467. The van der Waals surface area contributed by atoms with Gasteiger partial charge in [0.05, 0.1) is 12.7 Å². The van der Waals surface area contributed by atoms with Crippen LogP contribution in [0.5, 0.6) is 5.75 Å². The Kier molecular flexibility index (Phi) is 7.14. The van der Waals surface area contributed by atoms with Gasteiger partial charge in [-0.15, -0.1) is 0 Å². The van der Waals surface area contributed by atoms with Crippen molar-refractivity contribution in [1.29, 1.82) is 0 Å². The van der Waals surface area contributed by atoms with Gasteiger partial charge in [0.25, 0.3) is 0 Å². The summed E-state index contributed by atoms with van der Waals surface area (Å²) in [5.74, 6) is 7.20. The van der Waals surface area contributed by atoms with Gasteiger partial charge in [-0.05, 0) is 44.2 Å². The molecule has 21 heavy (non-hydrogen) atoms. The first kappa shape index (κ1) is 15.9. The van der Waals surface area contributed by atoms with Crippen molar-refractivity contribution in [2.75, 3.05) is 20.3 Å². The molecule has 1 saturated heterocycles. The summed E-state index contributed by atoms with van der Waals surface area (Å²) in [6.07, 6.45) is 6.40. The molecule has 1 aliphatic rings. The van der Waals surface area contributed by atoms with Gasteiger partial charge in [0.15, 0.2) is 6.29 Å². The van der Waals surface area contributed by atoms with Crippen molar-refractivity contribution in [1.82, 2.24) is 0 Å². The van der Waals surface area contributed by atoms with Crippen LogP contribution in [-0.2, 0) is 9.47 Å². The number of benzene rings is 1. The van der Waals surface area contributed by atoms with E-state index in [2.05, 4.69) is 11.8 Å². The van der Waals surface area contributed by atoms with Gasteiger partial charge in [-0.2, -0.15) is 0 Å². The van der Waals surface area contributed by atoms with E-state index in [0.29, 0.717) is 0 Å². The van der Waals surface area contributed by atoms with E-state index in [1.165, 1.54) is 12.8 Å². The minimum atomic E-state index is 0.0263. The largest absolute Gasteiger partial charge is 0.495 e. The minimum Gasteiger partial charge on any atom is -0.495 e. The summed E-state index contributed by atoms with van der Waals surface area (Å²) >= 11 is 0. The van der Waals surface area contributed by atoms with Crippen LogP contribution in [0.25, 0.3) is 0 Å². The number of para-hydroxylation sites is 1. The van der Waals surface area contributed by atoms with Gasteiger partial charge >= 0.3 is 0 Å². The molecule has 0 saturated carbocycles. The first-order valence-corrected chi connectivity index (χ1v) is 7.75. The smallest absolute Gasteiger partial charge is 0.157 e. The molecule has 0 aromatic heterocycles. The van der Waals surface area contributed by atoms with Gasteiger partial charge in [-0.1, -0.05) is 24.0 Å². The van der Waals surface area contributed by atoms with Crippen LogP contribution in [-0.4, -0.2) is 26.6 Å². The summed E-state index contributed by atoms with van der Waals surface area (Å²) in [4.78, 5) is 0. The van der Waals surface area contributed by atoms with Crippen molar-refractivity contribution in [3.63, 3.8) is 0 Å². The molecule has 1 fully saturated rings. The van der Waals surface area contributed by atoms with Crippen LogP contribution in [0.2, 0.25) is 0 Å². The maximum Gasteiger partial charge on any atom is 0.157 e. The van der Waals surface area contributed by atoms with Crippen LogP contribution in [0.4, 0.5) is 0 Å². The van der Waals surface area contributed by atoms with E-state index >= 15 is 0 Å². The summed E-state index contributed by atoms with van der Waals surface area (Å²) in [5, 5.41) is 0. The van der Waals surface area contributed by atoms with Crippen molar-refractivity contribution in [3.8, 4) is 17.6 Å². The van der Waals surface area contributed by atoms with Crippen molar-refractivity contribution in [3.05, 3.63) is 29.8 Å². The summed E-state index contributed by atoms with van der Waals surface area (Å²) in [5.41, 5.74) is 0.951. The normalized spacial score (nSPS) is 17.9. The monoisotopic (exact) mass is 288 g/mol. The topological polar surface area (TPSA) is 27.7 Å². The highest BCUT2D eigenvalue weighted by Gasteiger charge is 2.13. The van der Waals surface area contributed by atoms with Crippen molar-refractivity contribution in [2.45, 2.75) is 44.8 Å². The molecular formula is C18H24O3. The van der Waals surface area contributed by atoms with Crippen LogP contribution in [0, 0.1) is 11.8 Å². The average molecular weight is 288 g/mol. The molecule has 1 atom stereocenters. The van der Waals surface area contributed by atoms with Gasteiger partial charge in [0.1, 0.15) is 5.75 Å². The van der Waals surface area contributed by atoms with Gasteiger partial charge in [0.2, 0.25) is 0 Å². The highest BCUT2D eigenvalue weighted by molar-refractivity contribution is 5.45. The predicted octanol–water partition coefficient (Wildman–Crippen LogP) is 3.76. The lowest BCUT2D eigenvalue weighted by atomic mass is 10.2. The highest BCUT2D eigenvalue weighted by Crippen LogP contribution is 2.16. The molecule has 0 spiro atoms. The van der Waals surface area contributed by atoms with Crippen LogP contribution >= 0.6 is 0 Å². The summed E-state index contributed by atoms with van der Waals surface area (Å²) in [6, 6.07) is 7.84. The summed E-state index contributed by atoms with van der Waals surface area (Å²) in [6.45, 7) is 1.61. The molecule has 114 valence electrons. The van der Waals surface area contributed by atoms with E-state index in [1.807, 2.05) is 24.3 Å². The number of ether oxygens (including phenoxy) is 3. The SMILES string of the molecule is COc1ccccc1C#CCCCCOC1CCCCO1. The quantitative estimate of drug-likeness (QED) is 0.589. The van der Waals surface area contributed by atoms with Crippen LogP contribution in [0.1, 0.15) is 44.1 Å². The van der Waals surface area contributed by atoms with E-state index in [9.17, 15) is 0 Å². The van der Waals surface area contributed by atoms with Crippen LogP contribution in [0.3, 0.4) is 0 Å². The Morgan fingerprint density at radius 1 is 1.24 bits per heavy atom. The van der Waals surface area contributed by atoms with Gasteiger partial charge in [-0.3, -0.25) is 0 Å². The summed E-state index contributed by atoms with van der Waals surface area (Å²) in [7, 11) is 1.67. The van der Waals surface area contributed by atoms with E-state index in [-0.39, 0.29) is 6.29 Å². The number of hydrogen-bond donors (Lipinski definition) is 0. The molecule has 3 heteroatoms. The molecule has 0 N–H and O–H groups in total. The van der Waals surface area contributed by atoms with Crippen molar-refractivity contribution in [2.24, 2.45) is 0 Å². The predicted molar refractivity (Wildman–Crippen MR) is 83.3 cm³/mol. The van der Waals surface area contributed by atoms with Gasteiger partial charge in [-0.25, -0.2) is 0 Å². The second kappa shape index (κ2) is 9.44. The Morgan fingerprint density at radius 3 is 2.95 bits per heavy atom. The lowest BCUT2D eigenvalue weighted by Gasteiger charge is -2.22. The van der Waals surface area contributed by atoms with E-state index in [1.54, 1.807) is 7.11 Å². The zero-order chi connectivity index (χ0) is 14.8.